The van der Waals surface area contributed by atoms with Crippen LogP contribution in [-0.4, -0.2) is 32.2 Å². The van der Waals surface area contributed by atoms with E-state index in [-0.39, 0.29) is 42.3 Å². The summed E-state index contributed by atoms with van der Waals surface area (Å²) in [5.74, 6) is 0.0608. The van der Waals surface area contributed by atoms with Crippen molar-refractivity contribution in [3.63, 3.8) is 0 Å². The van der Waals surface area contributed by atoms with Crippen molar-refractivity contribution in [1.82, 2.24) is 10.6 Å². The molecule has 1 aliphatic rings. The summed E-state index contributed by atoms with van der Waals surface area (Å²) in [6, 6.07) is 4.88. The quantitative estimate of drug-likeness (QED) is 0.792. The van der Waals surface area contributed by atoms with Crippen molar-refractivity contribution in [3.05, 3.63) is 23.8 Å². The van der Waals surface area contributed by atoms with Crippen LogP contribution < -0.4 is 20.1 Å². The monoisotopic (exact) mass is 350 g/mol. The average molecular weight is 351 g/mol. The third-order valence-corrected chi connectivity index (χ3v) is 3.45. The molecule has 1 amide bonds. The van der Waals surface area contributed by atoms with Crippen molar-refractivity contribution in [1.29, 1.82) is 0 Å². The molecule has 1 aliphatic heterocycles. The SMILES string of the molecule is CCOc1cccc(CNC(=O)C2CCNC2)c1OC(F)F.Cl. The summed E-state index contributed by atoms with van der Waals surface area (Å²) in [4.78, 5) is 12.0. The Morgan fingerprint density at radius 3 is 2.87 bits per heavy atom. The molecule has 23 heavy (non-hydrogen) atoms. The lowest BCUT2D eigenvalue weighted by Crippen LogP contribution is -2.31. The van der Waals surface area contributed by atoms with E-state index in [2.05, 4.69) is 15.4 Å². The molecule has 1 fully saturated rings. The molecule has 1 aromatic rings. The van der Waals surface area contributed by atoms with Gasteiger partial charge in [0, 0.05) is 18.7 Å². The van der Waals surface area contributed by atoms with Crippen LogP contribution in [0.4, 0.5) is 8.78 Å². The van der Waals surface area contributed by atoms with Gasteiger partial charge < -0.3 is 20.1 Å². The molecule has 0 bridgehead atoms. The summed E-state index contributed by atoms with van der Waals surface area (Å²) in [6.45, 7) is 0.730. The number of hydrogen-bond acceptors (Lipinski definition) is 4. The fraction of sp³-hybridized carbons (Fsp3) is 0.533. The van der Waals surface area contributed by atoms with Crippen LogP contribution in [0.3, 0.4) is 0 Å². The number of carbonyl (C=O) groups excluding carboxylic acids is 1. The lowest BCUT2D eigenvalue weighted by atomic mass is 10.1. The molecule has 0 saturated carbocycles. The Balaban J connectivity index is 0.00000264. The Morgan fingerprint density at radius 1 is 1.48 bits per heavy atom. The number of amides is 1. The van der Waals surface area contributed by atoms with E-state index in [1.54, 1.807) is 25.1 Å². The van der Waals surface area contributed by atoms with Crippen LogP contribution in [0.2, 0.25) is 0 Å². The van der Waals surface area contributed by atoms with Crippen LogP contribution in [0.5, 0.6) is 11.5 Å². The number of rotatable bonds is 7. The minimum Gasteiger partial charge on any atom is -0.490 e. The summed E-state index contributed by atoms with van der Waals surface area (Å²) in [5, 5.41) is 5.87. The molecular formula is C15H21ClF2N2O3. The molecule has 1 aromatic carbocycles. The standard InChI is InChI=1S/C15H20F2N2O3.ClH/c1-2-21-12-5-3-4-10(13(12)22-15(16)17)9-19-14(20)11-6-7-18-8-11;/h3-5,11,15,18H,2,6-9H2,1H3,(H,19,20);1H. The maximum atomic E-state index is 12.6. The van der Waals surface area contributed by atoms with E-state index in [1.807, 2.05) is 0 Å². The minimum atomic E-state index is -2.95. The highest BCUT2D eigenvalue weighted by atomic mass is 35.5. The van der Waals surface area contributed by atoms with Crippen molar-refractivity contribution < 1.29 is 23.0 Å². The number of nitrogens with one attached hydrogen (secondary N) is 2. The van der Waals surface area contributed by atoms with Gasteiger partial charge in [0.1, 0.15) is 0 Å². The first kappa shape index (κ1) is 19.4. The predicted molar refractivity (Wildman–Crippen MR) is 84.3 cm³/mol. The highest BCUT2D eigenvalue weighted by molar-refractivity contribution is 5.85. The molecule has 1 saturated heterocycles. The van der Waals surface area contributed by atoms with Crippen LogP contribution in [-0.2, 0) is 11.3 Å². The lowest BCUT2D eigenvalue weighted by Gasteiger charge is -2.16. The number of ether oxygens (including phenoxy) is 2. The molecule has 2 rings (SSSR count). The van der Waals surface area contributed by atoms with Crippen LogP contribution in [0.15, 0.2) is 18.2 Å². The van der Waals surface area contributed by atoms with Gasteiger partial charge in [-0.1, -0.05) is 12.1 Å². The van der Waals surface area contributed by atoms with Gasteiger partial charge in [0.05, 0.1) is 12.5 Å². The zero-order valence-electron chi connectivity index (χ0n) is 12.8. The Hall–Kier alpha value is -1.60. The Bertz CT molecular complexity index is 511. The summed E-state index contributed by atoms with van der Waals surface area (Å²) in [5.41, 5.74) is 0.463. The van der Waals surface area contributed by atoms with E-state index in [0.29, 0.717) is 18.7 Å². The molecule has 130 valence electrons. The number of alkyl halides is 2. The zero-order chi connectivity index (χ0) is 15.9. The number of benzene rings is 1. The number of para-hydroxylation sites is 1. The van der Waals surface area contributed by atoms with Crippen LogP contribution >= 0.6 is 12.4 Å². The van der Waals surface area contributed by atoms with Crippen molar-refractivity contribution in [2.24, 2.45) is 5.92 Å². The van der Waals surface area contributed by atoms with E-state index in [4.69, 9.17) is 4.74 Å². The maximum Gasteiger partial charge on any atom is 0.387 e. The Morgan fingerprint density at radius 2 is 2.26 bits per heavy atom. The molecule has 5 nitrogen and oxygen atoms in total. The van der Waals surface area contributed by atoms with Crippen molar-refractivity contribution in [2.45, 2.75) is 26.5 Å². The van der Waals surface area contributed by atoms with Gasteiger partial charge in [0.2, 0.25) is 5.91 Å². The molecule has 1 unspecified atom stereocenters. The summed E-state index contributed by atoms with van der Waals surface area (Å²) >= 11 is 0. The fourth-order valence-electron chi connectivity index (χ4n) is 2.40. The molecule has 1 heterocycles. The topological polar surface area (TPSA) is 59.6 Å². The minimum absolute atomic E-state index is 0. The number of carbonyl (C=O) groups is 1. The van der Waals surface area contributed by atoms with Gasteiger partial charge in [-0.05, 0) is 26.0 Å². The smallest absolute Gasteiger partial charge is 0.387 e. The van der Waals surface area contributed by atoms with Gasteiger partial charge >= 0.3 is 6.61 Å². The van der Waals surface area contributed by atoms with Gasteiger partial charge in [0.15, 0.2) is 11.5 Å². The normalized spacial score (nSPS) is 16.8. The Labute approximate surface area is 140 Å². The van der Waals surface area contributed by atoms with Crippen LogP contribution in [0, 0.1) is 5.92 Å². The first-order chi connectivity index (χ1) is 10.6. The second-order valence-corrected chi connectivity index (χ2v) is 4.96. The second-order valence-electron chi connectivity index (χ2n) is 4.96. The summed E-state index contributed by atoms with van der Waals surface area (Å²) in [7, 11) is 0. The zero-order valence-corrected chi connectivity index (χ0v) is 13.6. The van der Waals surface area contributed by atoms with Crippen molar-refractivity contribution >= 4 is 18.3 Å². The average Bonchev–Trinajstić information content (AvgIpc) is 3.01. The van der Waals surface area contributed by atoms with E-state index in [0.717, 1.165) is 13.0 Å². The first-order valence-corrected chi connectivity index (χ1v) is 7.29. The molecule has 1 atom stereocenters. The molecule has 8 heteroatoms. The third-order valence-electron chi connectivity index (χ3n) is 3.45. The predicted octanol–water partition coefficient (Wildman–Crippen LogP) is 2.33. The lowest BCUT2D eigenvalue weighted by molar-refractivity contribution is -0.124. The van der Waals surface area contributed by atoms with E-state index in [1.165, 1.54) is 0 Å². The van der Waals surface area contributed by atoms with Gasteiger partial charge in [-0.15, -0.1) is 12.4 Å². The number of hydrogen-bond donors (Lipinski definition) is 2. The summed E-state index contributed by atoms with van der Waals surface area (Å²) in [6.07, 6.45) is 0.783. The highest BCUT2D eigenvalue weighted by Gasteiger charge is 2.23. The van der Waals surface area contributed by atoms with E-state index >= 15 is 0 Å². The van der Waals surface area contributed by atoms with E-state index in [9.17, 15) is 13.6 Å². The molecular weight excluding hydrogens is 330 g/mol. The Kier molecular flexibility index (Phi) is 8.05. The number of halogens is 3. The van der Waals surface area contributed by atoms with Gasteiger partial charge in [-0.3, -0.25) is 4.79 Å². The fourth-order valence-corrected chi connectivity index (χ4v) is 2.40. The molecule has 0 aliphatic carbocycles. The third kappa shape index (κ3) is 5.51. The molecule has 0 aromatic heterocycles. The summed E-state index contributed by atoms with van der Waals surface area (Å²) < 4.78 is 35.1. The maximum absolute atomic E-state index is 12.6. The molecule has 0 spiro atoms. The second kappa shape index (κ2) is 9.52. The van der Waals surface area contributed by atoms with E-state index < -0.39 is 6.61 Å². The van der Waals surface area contributed by atoms with Gasteiger partial charge in [0.25, 0.3) is 0 Å². The van der Waals surface area contributed by atoms with Gasteiger partial charge in [-0.2, -0.15) is 8.78 Å². The molecule has 0 radical (unpaired) electrons. The van der Waals surface area contributed by atoms with Crippen LogP contribution in [0.1, 0.15) is 18.9 Å². The van der Waals surface area contributed by atoms with Crippen molar-refractivity contribution in [2.75, 3.05) is 19.7 Å². The van der Waals surface area contributed by atoms with Crippen LogP contribution in [0.25, 0.3) is 0 Å². The first-order valence-electron chi connectivity index (χ1n) is 7.29. The van der Waals surface area contributed by atoms with Gasteiger partial charge in [-0.25, -0.2) is 0 Å². The largest absolute Gasteiger partial charge is 0.490 e. The highest BCUT2D eigenvalue weighted by Crippen LogP contribution is 2.32. The van der Waals surface area contributed by atoms with Crippen molar-refractivity contribution in [3.8, 4) is 11.5 Å². The molecule has 2 N–H and O–H groups in total.